The molecule has 0 saturated heterocycles. The van der Waals surface area contributed by atoms with E-state index in [4.69, 9.17) is 13.1 Å². The molecule has 1 heterocycles. The third-order valence-electron chi connectivity index (χ3n) is 9.40. The first kappa shape index (κ1) is 29.0. The zero-order chi connectivity index (χ0) is 32.5. The van der Waals surface area contributed by atoms with E-state index in [0.717, 1.165) is 38.6 Å². The fourth-order valence-corrected chi connectivity index (χ4v) is 12.1. The second kappa shape index (κ2) is 12.0. The first-order valence-electron chi connectivity index (χ1n) is 15.9. The van der Waals surface area contributed by atoms with Crippen molar-refractivity contribution in [3.63, 3.8) is 0 Å². The summed E-state index contributed by atoms with van der Waals surface area (Å²) in [5.41, 5.74) is 5.81. The summed E-state index contributed by atoms with van der Waals surface area (Å²) in [5.74, 6) is 0. The van der Waals surface area contributed by atoms with E-state index >= 15 is 0 Å². The van der Waals surface area contributed by atoms with Crippen LogP contribution in [0.1, 0.15) is 0 Å². The van der Waals surface area contributed by atoms with Crippen molar-refractivity contribution in [2.75, 3.05) is 0 Å². The van der Waals surface area contributed by atoms with Crippen LogP contribution < -0.4 is 20.7 Å². The molecule has 8 aromatic rings. The Bertz CT molecular complexity index is 2370. The van der Waals surface area contributed by atoms with Crippen molar-refractivity contribution in [3.8, 4) is 16.8 Å². The molecule has 0 saturated carbocycles. The van der Waals surface area contributed by atoms with Crippen LogP contribution in [0.4, 0.5) is 11.4 Å². The number of hydrogen-bond donors (Lipinski definition) is 0. The van der Waals surface area contributed by atoms with Gasteiger partial charge in [0, 0.05) is 10.8 Å². The van der Waals surface area contributed by atoms with Crippen molar-refractivity contribution in [1.29, 1.82) is 0 Å². The standard InChI is InChI=1S/C44H29N3Si/c1-45-40-29-27-36(48(33-16-6-3-7-17-33,34-18-8-4-9-19-34)35-20-10-5-11-21-35)31-39(40)32-26-28-41(46-2)44(30-32)47-42-24-14-12-22-37(42)38-23-13-15-25-43(38)47/h3-31H. The molecule has 7 aromatic carbocycles. The first-order valence-corrected chi connectivity index (χ1v) is 17.9. The van der Waals surface area contributed by atoms with Crippen molar-refractivity contribution < 1.29 is 0 Å². The minimum Gasteiger partial charge on any atom is -0.319 e. The second-order valence-electron chi connectivity index (χ2n) is 11.9. The molecule has 0 aliphatic carbocycles. The quantitative estimate of drug-likeness (QED) is 0.0993. The summed E-state index contributed by atoms with van der Waals surface area (Å²) in [4.78, 5) is 7.99. The molecule has 0 N–H and O–H groups in total. The summed E-state index contributed by atoms with van der Waals surface area (Å²) in [6, 6.07) is 61.5. The van der Waals surface area contributed by atoms with Gasteiger partial charge in [-0.05, 0) is 50.1 Å². The molecule has 0 atom stereocenters. The highest BCUT2D eigenvalue weighted by molar-refractivity contribution is 7.19. The lowest BCUT2D eigenvalue weighted by Gasteiger charge is -2.35. The van der Waals surface area contributed by atoms with Gasteiger partial charge in [-0.2, -0.15) is 0 Å². The lowest BCUT2D eigenvalue weighted by molar-refractivity contribution is 1.19. The van der Waals surface area contributed by atoms with Crippen LogP contribution in [0.2, 0.25) is 0 Å². The van der Waals surface area contributed by atoms with E-state index in [0.29, 0.717) is 11.4 Å². The van der Waals surface area contributed by atoms with E-state index in [1.165, 1.54) is 20.7 Å². The number of rotatable bonds is 6. The Kier molecular flexibility index (Phi) is 7.27. The molecule has 1 aromatic heterocycles. The van der Waals surface area contributed by atoms with Crippen molar-refractivity contribution in [2.45, 2.75) is 0 Å². The number of aromatic nitrogens is 1. The maximum Gasteiger partial charge on any atom is 0.210 e. The van der Waals surface area contributed by atoms with Crippen LogP contribution in [0, 0.1) is 13.1 Å². The second-order valence-corrected chi connectivity index (χ2v) is 15.7. The van der Waals surface area contributed by atoms with Crippen LogP contribution in [0.25, 0.3) is 48.3 Å². The van der Waals surface area contributed by atoms with E-state index in [-0.39, 0.29) is 0 Å². The van der Waals surface area contributed by atoms with Gasteiger partial charge in [0.05, 0.1) is 29.9 Å². The molecule has 0 aliphatic heterocycles. The molecule has 0 unspecified atom stereocenters. The number of para-hydroxylation sites is 2. The van der Waals surface area contributed by atoms with Crippen LogP contribution in [0.3, 0.4) is 0 Å². The van der Waals surface area contributed by atoms with Crippen molar-refractivity contribution in [3.05, 3.63) is 199 Å². The van der Waals surface area contributed by atoms with Gasteiger partial charge >= 0.3 is 0 Å². The smallest absolute Gasteiger partial charge is 0.210 e. The molecule has 0 radical (unpaired) electrons. The predicted molar refractivity (Wildman–Crippen MR) is 202 cm³/mol. The Balaban J connectivity index is 1.42. The monoisotopic (exact) mass is 627 g/mol. The van der Waals surface area contributed by atoms with Gasteiger partial charge in [-0.3, -0.25) is 0 Å². The van der Waals surface area contributed by atoms with E-state index in [1.807, 2.05) is 30.3 Å². The average Bonchev–Trinajstić information content (AvgIpc) is 3.50. The molecule has 3 nitrogen and oxygen atoms in total. The topological polar surface area (TPSA) is 13.7 Å². The van der Waals surface area contributed by atoms with Crippen molar-refractivity contribution >= 4 is 62.0 Å². The molecule has 0 aliphatic rings. The van der Waals surface area contributed by atoms with Crippen LogP contribution in [-0.2, 0) is 0 Å². The molecule has 0 fully saturated rings. The van der Waals surface area contributed by atoms with E-state index in [2.05, 4.69) is 160 Å². The Morgan fingerprint density at radius 2 is 0.875 bits per heavy atom. The summed E-state index contributed by atoms with van der Waals surface area (Å²) in [6.07, 6.45) is 0. The Hall–Kier alpha value is -6.46. The number of benzene rings is 7. The Morgan fingerprint density at radius 1 is 0.417 bits per heavy atom. The maximum absolute atomic E-state index is 8.22. The zero-order valence-electron chi connectivity index (χ0n) is 26.1. The van der Waals surface area contributed by atoms with Gasteiger partial charge in [0.2, 0.25) is 5.69 Å². The summed E-state index contributed by atoms with van der Waals surface area (Å²) in [7, 11) is -2.81. The van der Waals surface area contributed by atoms with Crippen LogP contribution >= 0.6 is 0 Å². The molecule has 0 bridgehead atoms. The van der Waals surface area contributed by atoms with Gasteiger partial charge in [0.15, 0.2) is 13.8 Å². The van der Waals surface area contributed by atoms with Gasteiger partial charge in [-0.25, -0.2) is 9.69 Å². The van der Waals surface area contributed by atoms with Gasteiger partial charge < -0.3 is 4.57 Å². The normalized spacial score (nSPS) is 11.3. The van der Waals surface area contributed by atoms with Gasteiger partial charge in [-0.1, -0.05) is 158 Å². The minimum absolute atomic E-state index is 0.562. The average molecular weight is 628 g/mol. The summed E-state index contributed by atoms with van der Waals surface area (Å²) >= 11 is 0. The fourth-order valence-electron chi connectivity index (χ4n) is 7.31. The number of nitrogens with zero attached hydrogens (tertiary/aromatic N) is 3. The molecular weight excluding hydrogens is 599 g/mol. The molecule has 4 heteroatoms. The molecule has 224 valence electrons. The molecular formula is C44H29N3Si. The maximum atomic E-state index is 8.22. The van der Waals surface area contributed by atoms with Gasteiger partial charge in [0.1, 0.15) is 0 Å². The summed E-state index contributed by atoms with van der Waals surface area (Å²) in [5, 5.41) is 7.31. The van der Waals surface area contributed by atoms with Crippen LogP contribution in [-0.4, -0.2) is 12.6 Å². The highest BCUT2D eigenvalue weighted by atomic mass is 28.3. The van der Waals surface area contributed by atoms with Crippen molar-refractivity contribution in [2.24, 2.45) is 0 Å². The summed E-state index contributed by atoms with van der Waals surface area (Å²) in [6.45, 7) is 16.3. The highest BCUT2D eigenvalue weighted by Crippen LogP contribution is 2.39. The third-order valence-corrected chi connectivity index (χ3v) is 14.2. The number of hydrogen-bond acceptors (Lipinski definition) is 0. The Morgan fingerprint density at radius 3 is 1.38 bits per heavy atom. The van der Waals surface area contributed by atoms with E-state index in [9.17, 15) is 0 Å². The first-order chi connectivity index (χ1) is 23.7. The number of fused-ring (bicyclic) bond motifs is 3. The zero-order valence-corrected chi connectivity index (χ0v) is 27.1. The Labute approximate surface area is 281 Å². The van der Waals surface area contributed by atoms with Gasteiger partial charge in [-0.15, -0.1) is 0 Å². The molecule has 0 amide bonds. The van der Waals surface area contributed by atoms with E-state index < -0.39 is 8.07 Å². The third kappa shape index (κ3) is 4.55. The largest absolute Gasteiger partial charge is 0.319 e. The predicted octanol–water partition coefficient (Wildman–Crippen LogP) is 8.93. The molecule has 0 spiro atoms. The van der Waals surface area contributed by atoms with Crippen LogP contribution in [0.15, 0.2) is 176 Å². The van der Waals surface area contributed by atoms with Crippen LogP contribution in [0.5, 0.6) is 0 Å². The summed E-state index contributed by atoms with van der Waals surface area (Å²) < 4.78 is 2.19. The lowest BCUT2D eigenvalue weighted by atomic mass is 10.0. The van der Waals surface area contributed by atoms with Gasteiger partial charge in [0.25, 0.3) is 0 Å². The van der Waals surface area contributed by atoms with E-state index in [1.54, 1.807) is 0 Å². The SMILES string of the molecule is [C-]#[N+]c1ccc([Si](c2ccccc2)(c2ccccc2)c2ccccc2)cc1-c1ccc([N+]#[C-])c(-n2c3ccccc3c3ccccc32)c1. The molecule has 8 rings (SSSR count). The highest BCUT2D eigenvalue weighted by Gasteiger charge is 2.41. The fraction of sp³-hybridized carbons (Fsp3) is 0. The van der Waals surface area contributed by atoms with Crippen molar-refractivity contribution in [1.82, 2.24) is 4.57 Å². The minimum atomic E-state index is -2.81. The lowest BCUT2D eigenvalue weighted by Crippen LogP contribution is -2.74. The molecule has 48 heavy (non-hydrogen) atoms.